The highest BCUT2D eigenvalue weighted by Gasteiger charge is 2.26. The first-order chi connectivity index (χ1) is 9.29. The van der Waals surface area contributed by atoms with E-state index < -0.39 is 25.5 Å². The zero-order valence-corrected chi connectivity index (χ0v) is 11.9. The number of benzene rings is 1. The van der Waals surface area contributed by atoms with Gasteiger partial charge in [0.05, 0.1) is 10.6 Å². The van der Waals surface area contributed by atoms with Crippen molar-refractivity contribution in [3.8, 4) is 0 Å². The lowest BCUT2D eigenvalue weighted by Gasteiger charge is -2.06. The predicted octanol–water partition coefficient (Wildman–Crippen LogP) is 1.74. The van der Waals surface area contributed by atoms with Crippen LogP contribution in [0.3, 0.4) is 0 Å². The zero-order chi connectivity index (χ0) is 14.9. The van der Waals surface area contributed by atoms with Gasteiger partial charge >= 0.3 is 0 Å². The van der Waals surface area contributed by atoms with Crippen LogP contribution in [0.2, 0.25) is 0 Å². The summed E-state index contributed by atoms with van der Waals surface area (Å²) in [5.41, 5.74) is 5.72. The van der Waals surface area contributed by atoms with Crippen molar-refractivity contribution in [1.82, 2.24) is 4.98 Å². The van der Waals surface area contributed by atoms with Gasteiger partial charge in [0, 0.05) is 17.1 Å². The smallest absolute Gasteiger partial charge is 0.290 e. The molecule has 0 aliphatic heterocycles. The molecule has 106 valence electrons. The fourth-order valence-corrected chi connectivity index (χ4v) is 3.62. The number of rotatable bonds is 4. The topological polar surface area (TPSA) is 128 Å². The molecule has 0 aliphatic carbocycles. The van der Waals surface area contributed by atoms with E-state index in [-0.39, 0.29) is 10.8 Å². The molecule has 0 unspecified atom stereocenters. The highest BCUT2D eigenvalue weighted by Crippen LogP contribution is 2.28. The van der Waals surface area contributed by atoms with Gasteiger partial charge in [-0.1, -0.05) is 0 Å². The van der Waals surface area contributed by atoms with Crippen LogP contribution in [0.1, 0.15) is 5.69 Å². The van der Waals surface area contributed by atoms with Crippen LogP contribution in [-0.2, 0) is 10.0 Å². The summed E-state index contributed by atoms with van der Waals surface area (Å²) in [5, 5.41) is 12.7. The van der Waals surface area contributed by atoms with E-state index in [1.165, 1.54) is 6.07 Å². The van der Waals surface area contributed by atoms with E-state index in [1.54, 1.807) is 12.3 Å². The van der Waals surface area contributed by atoms with Gasteiger partial charge in [-0.15, -0.1) is 11.3 Å². The van der Waals surface area contributed by atoms with Gasteiger partial charge in [-0.05, 0) is 19.1 Å². The number of hydrogen-bond acceptors (Lipinski definition) is 7. The van der Waals surface area contributed by atoms with Crippen LogP contribution >= 0.6 is 11.3 Å². The van der Waals surface area contributed by atoms with Crippen molar-refractivity contribution in [1.29, 1.82) is 0 Å². The van der Waals surface area contributed by atoms with E-state index in [0.717, 1.165) is 23.5 Å². The molecule has 10 heteroatoms. The molecule has 0 spiro atoms. The highest BCUT2D eigenvalue weighted by molar-refractivity contribution is 7.93. The highest BCUT2D eigenvalue weighted by atomic mass is 32.2. The quantitative estimate of drug-likeness (QED) is 0.502. The summed E-state index contributed by atoms with van der Waals surface area (Å²) in [7, 11) is -4.12. The van der Waals surface area contributed by atoms with Crippen LogP contribution in [0.15, 0.2) is 28.5 Å². The molecule has 0 fully saturated rings. The number of nitrogens with zero attached hydrogens (tertiary/aromatic N) is 2. The van der Waals surface area contributed by atoms with Crippen LogP contribution in [0, 0.1) is 17.0 Å². The number of anilines is 2. The predicted molar refractivity (Wildman–Crippen MR) is 75.2 cm³/mol. The molecule has 20 heavy (non-hydrogen) atoms. The zero-order valence-electron chi connectivity index (χ0n) is 10.2. The number of nitro groups is 1. The largest absolute Gasteiger partial charge is 0.399 e. The number of nitro benzene ring substituents is 1. The van der Waals surface area contributed by atoms with Crippen molar-refractivity contribution in [3.05, 3.63) is 39.4 Å². The lowest BCUT2D eigenvalue weighted by Crippen LogP contribution is -2.15. The van der Waals surface area contributed by atoms with Crippen molar-refractivity contribution in [2.45, 2.75) is 11.8 Å². The van der Waals surface area contributed by atoms with Crippen molar-refractivity contribution >= 4 is 37.9 Å². The van der Waals surface area contributed by atoms with Gasteiger partial charge in [-0.2, -0.15) is 0 Å². The third-order valence-corrected chi connectivity index (χ3v) is 4.68. The van der Waals surface area contributed by atoms with Gasteiger partial charge in [0.2, 0.25) is 0 Å². The molecule has 0 amide bonds. The van der Waals surface area contributed by atoms with Crippen LogP contribution in [0.4, 0.5) is 16.5 Å². The monoisotopic (exact) mass is 314 g/mol. The fraction of sp³-hybridized carbons (Fsp3) is 0.100. The number of sulfonamides is 1. The maximum Gasteiger partial charge on any atom is 0.290 e. The molecule has 2 aromatic rings. The van der Waals surface area contributed by atoms with E-state index in [0.29, 0.717) is 5.69 Å². The number of thiazole rings is 1. The molecule has 3 N–H and O–H groups in total. The van der Waals surface area contributed by atoms with Crippen LogP contribution < -0.4 is 10.5 Å². The van der Waals surface area contributed by atoms with Gasteiger partial charge in [0.25, 0.3) is 15.7 Å². The molecule has 8 nitrogen and oxygen atoms in total. The van der Waals surface area contributed by atoms with Crippen LogP contribution in [0.5, 0.6) is 0 Å². The van der Waals surface area contributed by atoms with E-state index in [2.05, 4.69) is 9.71 Å². The third kappa shape index (κ3) is 2.86. The Labute approximate surface area is 118 Å². The Hall–Kier alpha value is -2.20. The average molecular weight is 314 g/mol. The summed E-state index contributed by atoms with van der Waals surface area (Å²) >= 11 is 1.09. The summed E-state index contributed by atoms with van der Waals surface area (Å²) in [4.78, 5) is 13.6. The molecule has 0 aliphatic rings. The molecule has 0 saturated carbocycles. The molecule has 1 aromatic carbocycles. The fourth-order valence-electron chi connectivity index (χ4n) is 1.47. The molecule has 0 bridgehead atoms. The Morgan fingerprint density at radius 1 is 1.45 bits per heavy atom. The van der Waals surface area contributed by atoms with Crippen LogP contribution in [0.25, 0.3) is 0 Å². The molecule has 1 heterocycles. The normalized spacial score (nSPS) is 11.2. The standard InChI is InChI=1S/C10H10N4O4S2/c1-6-5-19-10(12-6)13-20(17,18)9-4-7(11)2-3-8(9)14(15)16/h2-5H,11H2,1H3,(H,12,13). The van der Waals surface area contributed by atoms with Crippen molar-refractivity contribution in [2.75, 3.05) is 10.5 Å². The second kappa shape index (κ2) is 5.06. The van der Waals surface area contributed by atoms with E-state index in [1.807, 2.05) is 0 Å². The summed E-state index contributed by atoms with van der Waals surface area (Å²) in [5.74, 6) is 0. The number of aromatic nitrogens is 1. The second-order valence-corrected chi connectivity index (χ2v) is 6.39. The Balaban J connectivity index is 2.48. The van der Waals surface area contributed by atoms with Gasteiger partial charge in [-0.25, -0.2) is 13.4 Å². The molecular formula is C10H10N4O4S2. The Bertz CT molecular complexity index is 769. The van der Waals surface area contributed by atoms with Crippen molar-refractivity contribution < 1.29 is 13.3 Å². The SMILES string of the molecule is Cc1csc(NS(=O)(=O)c2cc(N)ccc2[N+](=O)[O-])n1. The average Bonchev–Trinajstić information content (AvgIpc) is 2.73. The maximum absolute atomic E-state index is 12.2. The Morgan fingerprint density at radius 3 is 2.70 bits per heavy atom. The van der Waals surface area contributed by atoms with Crippen molar-refractivity contribution in [2.24, 2.45) is 0 Å². The lowest BCUT2D eigenvalue weighted by molar-refractivity contribution is -0.387. The number of nitrogens with two attached hydrogens (primary N) is 1. The van der Waals surface area contributed by atoms with Crippen LogP contribution in [-0.4, -0.2) is 18.3 Å². The molecule has 0 atom stereocenters. The maximum atomic E-state index is 12.2. The summed E-state index contributed by atoms with van der Waals surface area (Å²) in [6.45, 7) is 1.71. The number of hydrogen-bond donors (Lipinski definition) is 2. The Kier molecular flexibility index (Phi) is 3.59. The molecule has 0 saturated heterocycles. The summed E-state index contributed by atoms with van der Waals surface area (Å²) < 4.78 is 26.6. The van der Waals surface area contributed by atoms with Crippen molar-refractivity contribution in [3.63, 3.8) is 0 Å². The van der Waals surface area contributed by atoms with Gasteiger partial charge in [0.15, 0.2) is 10.0 Å². The molecule has 0 radical (unpaired) electrons. The first-order valence-corrected chi connectivity index (χ1v) is 7.65. The first-order valence-electron chi connectivity index (χ1n) is 5.28. The molecule has 2 rings (SSSR count). The van der Waals surface area contributed by atoms with Gasteiger partial charge < -0.3 is 5.73 Å². The van der Waals surface area contributed by atoms with Gasteiger partial charge in [0.1, 0.15) is 0 Å². The Morgan fingerprint density at radius 2 is 2.15 bits per heavy atom. The van der Waals surface area contributed by atoms with E-state index in [4.69, 9.17) is 5.73 Å². The minimum atomic E-state index is -4.12. The summed E-state index contributed by atoms with van der Waals surface area (Å²) in [6.07, 6.45) is 0. The van der Waals surface area contributed by atoms with E-state index >= 15 is 0 Å². The first kappa shape index (κ1) is 14.2. The lowest BCUT2D eigenvalue weighted by atomic mass is 10.3. The number of nitrogen functional groups attached to an aromatic ring is 1. The number of aryl methyl sites for hydroxylation is 1. The number of nitrogens with one attached hydrogen (secondary N) is 1. The van der Waals surface area contributed by atoms with E-state index in [9.17, 15) is 18.5 Å². The molecular weight excluding hydrogens is 304 g/mol. The van der Waals surface area contributed by atoms with Gasteiger partial charge in [-0.3, -0.25) is 14.8 Å². The third-order valence-electron chi connectivity index (χ3n) is 2.31. The minimum absolute atomic E-state index is 0.117. The second-order valence-electron chi connectivity index (χ2n) is 3.88. The minimum Gasteiger partial charge on any atom is -0.399 e. The summed E-state index contributed by atoms with van der Waals surface area (Å²) in [6, 6.07) is 3.36. The molecule has 1 aromatic heterocycles.